The van der Waals surface area contributed by atoms with Crippen LogP contribution in [0.4, 0.5) is 0 Å². The van der Waals surface area contributed by atoms with E-state index in [0.29, 0.717) is 18.3 Å². The van der Waals surface area contributed by atoms with Gasteiger partial charge < -0.3 is 5.11 Å². The number of carbonyl (C=O) groups is 1. The van der Waals surface area contributed by atoms with Gasteiger partial charge in [-0.15, -0.1) is 0 Å². The van der Waals surface area contributed by atoms with E-state index in [9.17, 15) is 9.90 Å². The molecule has 0 rings (SSSR count). The number of aliphatic hydroxyl groups is 1. The fourth-order valence-corrected chi connectivity index (χ4v) is 2.48. The lowest BCUT2D eigenvalue weighted by molar-refractivity contribution is -0.115. The summed E-state index contributed by atoms with van der Waals surface area (Å²) in [7, 11) is 0. The lowest BCUT2D eigenvalue weighted by Gasteiger charge is -2.26. The Labute approximate surface area is 112 Å². The van der Waals surface area contributed by atoms with Crippen molar-refractivity contribution in [1.29, 1.82) is 0 Å². The molecule has 0 aromatic heterocycles. The van der Waals surface area contributed by atoms with Crippen LogP contribution >= 0.6 is 0 Å². The van der Waals surface area contributed by atoms with E-state index in [-0.39, 0.29) is 5.78 Å². The molecule has 0 aliphatic rings. The average molecular weight is 254 g/mol. The van der Waals surface area contributed by atoms with Crippen molar-refractivity contribution in [3.8, 4) is 0 Å². The van der Waals surface area contributed by atoms with Gasteiger partial charge in [0.2, 0.25) is 0 Å². The number of carbonyl (C=O) groups excluding carboxylic acids is 1. The Balaban J connectivity index is 4.32. The zero-order valence-electron chi connectivity index (χ0n) is 12.9. The summed E-state index contributed by atoms with van der Waals surface area (Å²) in [5.41, 5.74) is 0.316. The van der Waals surface area contributed by atoms with E-state index < -0.39 is 5.60 Å². The first-order chi connectivity index (χ1) is 8.21. The highest BCUT2D eigenvalue weighted by Crippen LogP contribution is 2.25. The van der Waals surface area contributed by atoms with Gasteiger partial charge in [0.1, 0.15) is 0 Å². The maximum atomic E-state index is 11.5. The van der Waals surface area contributed by atoms with Gasteiger partial charge >= 0.3 is 0 Å². The van der Waals surface area contributed by atoms with Crippen molar-refractivity contribution in [2.45, 2.75) is 72.8 Å². The lowest BCUT2D eigenvalue weighted by atomic mass is 9.85. The number of hydrogen-bond donors (Lipinski definition) is 1. The summed E-state index contributed by atoms with van der Waals surface area (Å²) in [5.74, 6) is 1.09. The van der Waals surface area contributed by atoms with Gasteiger partial charge in [-0.3, -0.25) is 4.79 Å². The highest BCUT2D eigenvalue weighted by molar-refractivity contribution is 5.94. The van der Waals surface area contributed by atoms with E-state index in [1.807, 2.05) is 27.7 Å². The van der Waals surface area contributed by atoms with Gasteiger partial charge in [0, 0.05) is 6.42 Å². The Morgan fingerprint density at radius 1 is 1.33 bits per heavy atom. The third-order valence-corrected chi connectivity index (χ3v) is 3.62. The van der Waals surface area contributed by atoms with Crippen LogP contribution in [0.15, 0.2) is 11.6 Å². The normalized spacial score (nSPS) is 19.2. The van der Waals surface area contributed by atoms with Crippen molar-refractivity contribution in [1.82, 2.24) is 0 Å². The van der Waals surface area contributed by atoms with E-state index >= 15 is 0 Å². The van der Waals surface area contributed by atoms with Crippen molar-refractivity contribution in [3.63, 3.8) is 0 Å². The standard InChI is InChI=1S/C16H30O2/c1-7-15(17)14(5)10-12(3)9-13(4)11-16(6,18)8-2/h10,12-13,18H,7-9,11H2,1-6H3/b14-10+/t12-,13-,16+/m1/s1. The van der Waals surface area contributed by atoms with Gasteiger partial charge in [0.15, 0.2) is 5.78 Å². The fourth-order valence-electron chi connectivity index (χ4n) is 2.48. The van der Waals surface area contributed by atoms with Crippen molar-refractivity contribution in [2.24, 2.45) is 11.8 Å². The first-order valence-corrected chi connectivity index (χ1v) is 7.15. The van der Waals surface area contributed by atoms with Crippen LogP contribution in [0.1, 0.15) is 67.2 Å². The second kappa shape index (κ2) is 7.73. The minimum atomic E-state index is -0.558. The molecule has 0 spiro atoms. The second-order valence-corrected chi connectivity index (χ2v) is 6.00. The van der Waals surface area contributed by atoms with E-state index in [1.165, 1.54) is 0 Å². The van der Waals surface area contributed by atoms with Crippen LogP contribution < -0.4 is 0 Å². The van der Waals surface area contributed by atoms with Crippen LogP contribution in [0.5, 0.6) is 0 Å². The third-order valence-electron chi connectivity index (χ3n) is 3.62. The van der Waals surface area contributed by atoms with E-state index in [1.54, 1.807) is 0 Å². The monoisotopic (exact) mass is 254 g/mol. The van der Waals surface area contributed by atoms with Crippen molar-refractivity contribution >= 4 is 5.78 Å². The molecule has 0 saturated carbocycles. The highest BCUT2D eigenvalue weighted by atomic mass is 16.3. The summed E-state index contributed by atoms with van der Waals surface area (Å²) in [4.78, 5) is 11.5. The van der Waals surface area contributed by atoms with Crippen LogP contribution in [0, 0.1) is 11.8 Å². The van der Waals surface area contributed by atoms with Gasteiger partial charge in [0.05, 0.1) is 5.60 Å². The summed E-state index contributed by atoms with van der Waals surface area (Å²) >= 11 is 0. The van der Waals surface area contributed by atoms with Crippen LogP contribution in [-0.2, 0) is 4.79 Å². The predicted molar refractivity (Wildman–Crippen MR) is 77.5 cm³/mol. The first kappa shape index (κ1) is 17.4. The quantitative estimate of drug-likeness (QED) is 0.661. The van der Waals surface area contributed by atoms with Crippen molar-refractivity contribution < 1.29 is 9.90 Å². The number of Topliss-reactive ketones (excluding diaryl/α,β-unsaturated/α-hetero) is 1. The minimum Gasteiger partial charge on any atom is -0.390 e. The number of hydrogen-bond acceptors (Lipinski definition) is 2. The molecule has 0 amide bonds. The molecule has 0 unspecified atom stereocenters. The van der Waals surface area contributed by atoms with E-state index in [2.05, 4.69) is 19.9 Å². The maximum absolute atomic E-state index is 11.5. The minimum absolute atomic E-state index is 0.232. The molecule has 0 fully saturated rings. The third kappa shape index (κ3) is 6.95. The zero-order valence-corrected chi connectivity index (χ0v) is 12.9. The molecule has 0 aromatic carbocycles. The van der Waals surface area contributed by atoms with Crippen LogP contribution in [0.25, 0.3) is 0 Å². The van der Waals surface area contributed by atoms with Crippen molar-refractivity contribution in [3.05, 3.63) is 11.6 Å². The van der Waals surface area contributed by atoms with Crippen molar-refractivity contribution in [2.75, 3.05) is 0 Å². The Hall–Kier alpha value is -0.630. The van der Waals surface area contributed by atoms with Gasteiger partial charge in [0.25, 0.3) is 0 Å². The number of ketones is 1. The smallest absolute Gasteiger partial charge is 0.157 e. The molecule has 2 nitrogen and oxygen atoms in total. The molecule has 0 aromatic rings. The van der Waals surface area contributed by atoms with Crippen LogP contribution in [0.3, 0.4) is 0 Å². The Morgan fingerprint density at radius 2 is 1.89 bits per heavy atom. The molecule has 0 saturated heterocycles. The Bertz CT molecular complexity index is 289. The SMILES string of the molecule is CCC(=O)/C(C)=C/[C@H](C)C[C@@H](C)C[C@@](C)(O)CC. The van der Waals surface area contributed by atoms with Gasteiger partial charge in [-0.2, -0.15) is 0 Å². The predicted octanol–water partition coefficient (Wildman–Crippen LogP) is 4.13. The van der Waals surface area contributed by atoms with E-state index in [4.69, 9.17) is 0 Å². The molecule has 2 heteroatoms. The summed E-state index contributed by atoms with van der Waals surface area (Å²) in [6, 6.07) is 0. The van der Waals surface area contributed by atoms with Crippen LogP contribution in [0.2, 0.25) is 0 Å². The number of allylic oxidation sites excluding steroid dienone is 2. The van der Waals surface area contributed by atoms with Crippen LogP contribution in [-0.4, -0.2) is 16.5 Å². The van der Waals surface area contributed by atoms with Gasteiger partial charge in [-0.1, -0.05) is 33.8 Å². The molecule has 0 heterocycles. The van der Waals surface area contributed by atoms with Gasteiger partial charge in [-0.05, 0) is 50.5 Å². The molecule has 0 aliphatic heterocycles. The molecule has 0 radical (unpaired) electrons. The lowest BCUT2D eigenvalue weighted by Crippen LogP contribution is -2.26. The van der Waals surface area contributed by atoms with Gasteiger partial charge in [-0.25, -0.2) is 0 Å². The highest BCUT2D eigenvalue weighted by Gasteiger charge is 2.21. The molecule has 18 heavy (non-hydrogen) atoms. The maximum Gasteiger partial charge on any atom is 0.157 e. The fraction of sp³-hybridized carbons (Fsp3) is 0.812. The second-order valence-electron chi connectivity index (χ2n) is 6.00. The molecule has 1 N–H and O–H groups in total. The Kier molecular flexibility index (Phi) is 7.46. The summed E-state index contributed by atoms with van der Waals surface area (Å²) in [6.45, 7) is 12.0. The van der Waals surface area contributed by atoms with E-state index in [0.717, 1.165) is 24.8 Å². The molecule has 0 bridgehead atoms. The molecule has 3 atom stereocenters. The largest absolute Gasteiger partial charge is 0.390 e. The number of rotatable bonds is 8. The topological polar surface area (TPSA) is 37.3 Å². The summed E-state index contributed by atoms with van der Waals surface area (Å²) in [5, 5.41) is 10.0. The summed E-state index contributed by atoms with van der Waals surface area (Å²) in [6.07, 6.45) is 5.28. The summed E-state index contributed by atoms with van der Waals surface area (Å²) < 4.78 is 0. The average Bonchev–Trinajstić information content (AvgIpc) is 2.26. The molecular weight excluding hydrogens is 224 g/mol. The first-order valence-electron chi connectivity index (χ1n) is 7.15. The zero-order chi connectivity index (χ0) is 14.3. The Morgan fingerprint density at radius 3 is 2.33 bits per heavy atom. The molecule has 106 valence electrons. The molecule has 0 aliphatic carbocycles. The molecular formula is C16H30O2.